The van der Waals surface area contributed by atoms with Crippen molar-refractivity contribution in [2.45, 2.75) is 20.0 Å². The smallest absolute Gasteiger partial charge is 0.330 e. The van der Waals surface area contributed by atoms with Gasteiger partial charge in [-0.15, -0.1) is 4.98 Å². The van der Waals surface area contributed by atoms with Gasteiger partial charge in [-0.3, -0.25) is 0 Å². The Bertz CT molecular complexity index is 622. The van der Waals surface area contributed by atoms with E-state index in [4.69, 9.17) is 15.2 Å². The van der Waals surface area contributed by atoms with Gasteiger partial charge in [0.2, 0.25) is 5.95 Å². The number of nitrogens with zero attached hydrogens (tertiary/aromatic N) is 3. The summed E-state index contributed by atoms with van der Waals surface area (Å²) in [6, 6.07) is 2.44. The van der Waals surface area contributed by atoms with Crippen molar-refractivity contribution in [3.8, 4) is 17.8 Å². The Hall–Kier alpha value is -2.51. The lowest BCUT2D eigenvalue weighted by atomic mass is 10.3. The van der Waals surface area contributed by atoms with Crippen LogP contribution < -0.4 is 15.2 Å². The van der Waals surface area contributed by atoms with E-state index in [1.807, 2.05) is 0 Å². The number of hydrogen-bond acceptors (Lipinski definition) is 6. The van der Waals surface area contributed by atoms with Crippen molar-refractivity contribution in [1.29, 1.82) is 0 Å². The minimum absolute atomic E-state index is 0.0562. The predicted octanol–water partition coefficient (Wildman–Crippen LogP) is 2.31. The maximum Gasteiger partial charge on any atom is 0.330 e. The highest BCUT2D eigenvalue weighted by Crippen LogP contribution is 2.24. The summed E-state index contributed by atoms with van der Waals surface area (Å²) in [6.07, 6.45) is -0.185. The van der Waals surface area contributed by atoms with E-state index in [2.05, 4.69) is 15.0 Å². The topological polar surface area (TPSA) is 83.2 Å². The van der Waals surface area contributed by atoms with Crippen LogP contribution in [0.15, 0.2) is 18.2 Å². The summed E-state index contributed by atoms with van der Waals surface area (Å²) in [4.78, 5) is 11.2. The van der Waals surface area contributed by atoms with E-state index >= 15 is 0 Å². The lowest BCUT2D eigenvalue weighted by Crippen LogP contribution is -2.11. The monoisotopic (exact) mass is 282 g/mol. The van der Waals surface area contributed by atoms with Crippen LogP contribution in [0.1, 0.15) is 13.8 Å². The van der Waals surface area contributed by atoms with Crippen LogP contribution in [0.3, 0.4) is 0 Å². The van der Waals surface area contributed by atoms with E-state index in [-0.39, 0.29) is 29.8 Å². The molecule has 0 bridgehead atoms. The number of aromatic nitrogens is 3. The highest BCUT2D eigenvalue weighted by molar-refractivity contribution is 5.29. The van der Waals surface area contributed by atoms with Crippen LogP contribution in [0.4, 0.5) is 14.7 Å². The van der Waals surface area contributed by atoms with Gasteiger partial charge in [-0.1, -0.05) is 0 Å². The Morgan fingerprint density at radius 1 is 1.10 bits per heavy atom. The lowest BCUT2D eigenvalue weighted by Gasteiger charge is -2.09. The van der Waals surface area contributed by atoms with E-state index in [1.54, 1.807) is 13.8 Å². The fourth-order valence-electron chi connectivity index (χ4n) is 1.32. The third kappa shape index (κ3) is 3.50. The van der Waals surface area contributed by atoms with Crippen molar-refractivity contribution in [3.05, 3.63) is 29.8 Å². The van der Waals surface area contributed by atoms with E-state index < -0.39 is 11.6 Å². The standard InChI is InChI=1S/C12H12F2N4O2/c1-6(2)19-11-16-10(15)17-12(18-11)20-9-5-7(13)3-4-8(9)14/h3-6H,1-2H3,(H2,15,16,17,18). The van der Waals surface area contributed by atoms with Crippen molar-refractivity contribution in [2.75, 3.05) is 5.73 Å². The van der Waals surface area contributed by atoms with Crippen LogP contribution in [0.25, 0.3) is 0 Å². The number of nitrogen functional groups attached to an aromatic ring is 1. The molecule has 0 saturated carbocycles. The molecule has 6 nitrogen and oxygen atoms in total. The third-order valence-electron chi connectivity index (χ3n) is 2.05. The molecule has 2 N–H and O–H groups in total. The summed E-state index contributed by atoms with van der Waals surface area (Å²) < 4.78 is 36.8. The molecule has 0 spiro atoms. The molecule has 1 aromatic carbocycles. The summed E-state index contributed by atoms with van der Waals surface area (Å²) in [5.41, 5.74) is 5.47. The number of halogens is 2. The Balaban J connectivity index is 2.28. The van der Waals surface area contributed by atoms with Gasteiger partial charge in [0.15, 0.2) is 11.6 Å². The van der Waals surface area contributed by atoms with Crippen LogP contribution in [-0.4, -0.2) is 21.1 Å². The van der Waals surface area contributed by atoms with Gasteiger partial charge in [-0.05, 0) is 26.0 Å². The first-order valence-corrected chi connectivity index (χ1v) is 5.75. The quantitative estimate of drug-likeness (QED) is 0.926. The molecule has 0 aliphatic heterocycles. The predicted molar refractivity (Wildman–Crippen MR) is 66.4 cm³/mol. The SMILES string of the molecule is CC(C)Oc1nc(N)nc(Oc2cc(F)ccc2F)n1. The largest absolute Gasteiger partial charge is 0.461 e. The number of rotatable bonds is 4. The fraction of sp³-hybridized carbons (Fsp3) is 0.250. The van der Waals surface area contributed by atoms with Crippen LogP contribution in [-0.2, 0) is 0 Å². The number of nitrogens with two attached hydrogens (primary N) is 1. The van der Waals surface area contributed by atoms with Gasteiger partial charge in [0, 0.05) is 6.07 Å². The highest BCUT2D eigenvalue weighted by atomic mass is 19.1. The molecule has 0 amide bonds. The maximum absolute atomic E-state index is 13.4. The number of ether oxygens (including phenoxy) is 2. The molecule has 106 valence electrons. The zero-order valence-electron chi connectivity index (χ0n) is 10.8. The molecule has 2 aromatic rings. The van der Waals surface area contributed by atoms with Crippen molar-refractivity contribution >= 4 is 5.95 Å². The van der Waals surface area contributed by atoms with Gasteiger partial charge in [0.25, 0.3) is 0 Å². The first-order chi connectivity index (χ1) is 9.44. The molecule has 8 heteroatoms. The first kappa shape index (κ1) is 13.9. The van der Waals surface area contributed by atoms with Gasteiger partial charge >= 0.3 is 12.0 Å². The van der Waals surface area contributed by atoms with Crippen molar-refractivity contribution in [2.24, 2.45) is 0 Å². The second-order valence-corrected chi connectivity index (χ2v) is 4.10. The van der Waals surface area contributed by atoms with Gasteiger partial charge in [-0.2, -0.15) is 9.97 Å². The summed E-state index contributed by atoms with van der Waals surface area (Å²) >= 11 is 0. The molecule has 0 aliphatic rings. The Morgan fingerprint density at radius 3 is 2.50 bits per heavy atom. The third-order valence-corrected chi connectivity index (χ3v) is 2.05. The molecular weight excluding hydrogens is 270 g/mol. The Morgan fingerprint density at radius 2 is 1.80 bits per heavy atom. The second kappa shape index (κ2) is 5.64. The normalized spacial score (nSPS) is 10.7. The summed E-state index contributed by atoms with van der Waals surface area (Å²) in [6.45, 7) is 3.54. The number of benzene rings is 1. The zero-order chi connectivity index (χ0) is 14.7. The number of hydrogen-bond donors (Lipinski definition) is 1. The van der Waals surface area contributed by atoms with Gasteiger partial charge in [0.1, 0.15) is 5.82 Å². The van der Waals surface area contributed by atoms with E-state index in [0.717, 1.165) is 18.2 Å². The van der Waals surface area contributed by atoms with Gasteiger partial charge in [-0.25, -0.2) is 8.78 Å². The first-order valence-electron chi connectivity index (χ1n) is 5.75. The minimum Gasteiger partial charge on any atom is -0.461 e. The average Bonchev–Trinajstić information content (AvgIpc) is 2.32. The van der Waals surface area contributed by atoms with Crippen LogP contribution in [0.5, 0.6) is 17.8 Å². The molecule has 1 aromatic heterocycles. The molecular formula is C12H12F2N4O2. The molecule has 1 heterocycles. The summed E-state index contributed by atoms with van der Waals surface area (Å²) in [5, 5.41) is 0. The molecule has 20 heavy (non-hydrogen) atoms. The molecule has 0 radical (unpaired) electrons. The van der Waals surface area contributed by atoms with Crippen molar-refractivity contribution in [3.63, 3.8) is 0 Å². The summed E-state index contributed by atoms with van der Waals surface area (Å²) in [7, 11) is 0. The Labute approximate surface area is 113 Å². The maximum atomic E-state index is 13.4. The average molecular weight is 282 g/mol. The van der Waals surface area contributed by atoms with Crippen molar-refractivity contribution < 1.29 is 18.3 Å². The van der Waals surface area contributed by atoms with Crippen LogP contribution >= 0.6 is 0 Å². The molecule has 0 atom stereocenters. The fourth-order valence-corrected chi connectivity index (χ4v) is 1.32. The second-order valence-electron chi connectivity index (χ2n) is 4.10. The van der Waals surface area contributed by atoms with E-state index in [9.17, 15) is 8.78 Å². The lowest BCUT2D eigenvalue weighted by molar-refractivity contribution is 0.218. The highest BCUT2D eigenvalue weighted by Gasteiger charge is 2.12. The summed E-state index contributed by atoms with van der Waals surface area (Å²) in [5.74, 6) is -1.91. The zero-order valence-corrected chi connectivity index (χ0v) is 10.8. The molecule has 2 rings (SSSR count). The number of anilines is 1. The Kier molecular flexibility index (Phi) is 3.92. The van der Waals surface area contributed by atoms with E-state index in [0.29, 0.717) is 0 Å². The van der Waals surface area contributed by atoms with Gasteiger partial charge in [0.05, 0.1) is 6.10 Å². The molecule has 0 aliphatic carbocycles. The van der Waals surface area contributed by atoms with Gasteiger partial charge < -0.3 is 15.2 Å². The molecule has 0 saturated heterocycles. The minimum atomic E-state index is -0.753. The molecule has 0 unspecified atom stereocenters. The van der Waals surface area contributed by atoms with Crippen molar-refractivity contribution in [1.82, 2.24) is 15.0 Å². The van der Waals surface area contributed by atoms with E-state index in [1.165, 1.54) is 0 Å². The van der Waals surface area contributed by atoms with Crippen LogP contribution in [0.2, 0.25) is 0 Å². The van der Waals surface area contributed by atoms with Crippen LogP contribution in [0, 0.1) is 11.6 Å². The molecule has 0 fully saturated rings.